The monoisotopic (exact) mass is 303 g/mol. The van der Waals surface area contributed by atoms with Crippen LogP contribution in [0, 0.1) is 5.82 Å². The third kappa shape index (κ3) is 4.28. The Bertz CT molecular complexity index is 503. The molecule has 0 bridgehead atoms. The topological polar surface area (TPSA) is 48.4 Å². The number of methoxy groups -OCH3 is 1. The lowest BCUT2D eigenvalue weighted by atomic mass is 10.2. The predicted octanol–water partition coefficient (Wildman–Crippen LogP) is 2.77. The molecule has 0 atom stereocenters. The van der Waals surface area contributed by atoms with Gasteiger partial charge in [-0.05, 0) is 0 Å². The quantitative estimate of drug-likeness (QED) is 0.634. The highest BCUT2D eigenvalue weighted by atomic mass is 19.4. The molecule has 0 saturated heterocycles. The SMILES string of the molecule is COC(=O)Cc1nc(C(F)F)c(OC(F)(F)F)cc1F. The summed E-state index contributed by atoms with van der Waals surface area (Å²) < 4.78 is 82.0. The molecule has 0 fully saturated rings. The van der Waals surface area contributed by atoms with Crippen LogP contribution in [0.25, 0.3) is 0 Å². The van der Waals surface area contributed by atoms with Gasteiger partial charge in [0.2, 0.25) is 0 Å². The molecule has 1 heterocycles. The van der Waals surface area contributed by atoms with Crippen LogP contribution in [-0.2, 0) is 16.0 Å². The fourth-order valence-corrected chi connectivity index (χ4v) is 1.22. The van der Waals surface area contributed by atoms with Crippen molar-refractivity contribution in [2.24, 2.45) is 0 Å². The van der Waals surface area contributed by atoms with E-state index in [2.05, 4.69) is 14.5 Å². The number of hydrogen-bond donors (Lipinski definition) is 0. The lowest BCUT2D eigenvalue weighted by molar-refractivity contribution is -0.275. The largest absolute Gasteiger partial charge is 0.573 e. The van der Waals surface area contributed by atoms with Gasteiger partial charge >= 0.3 is 12.3 Å². The van der Waals surface area contributed by atoms with Gasteiger partial charge in [-0.25, -0.2) is 18.2 Å². The zero-order chi connectivity index (χ0) is 15.5. The van der Waals surface area contributed by atoms with Crippen LogP contribution in [-0.4, -0.2) is 24.4 Å². The van der Waals surface area contributed by atoms with E-state index in [9.17, 15) is 31.1 Å². The molecule has 0 spiro atoms. The van der Waals surface area contributed by atoms with E-state index in [1.54, 1.807) is 0 Å². The first-order valence-corrected chi connectivity index (χ1v) is 4.94. The Morgan fingerprint density at radius 1 is 1.40 bits per heavy atom. The first-order valence-electron chi connectivity index (χ1n) is 4.94. The summed E-state index contributed by atoms with van der Waals surface area (Å²) in [5.74, 6) is -3.83. The van der Waals surface area contributed by atoms with Gasteiger partial charge in [0.05, 0.1) is 19.2 Å². The van der Waals surface area contributed by atoms with E-state index in [1.807, 2.05) is 0 Å². The van der Waals surface area contributed by atoms with E-state index in [4.69, 9.17) is 0 Å². The van der Waals surface area contributed by atoms with Gasteiger partial charge < -0.3 is 9.47 Å². The number of aromatic nitrogens is 1. The summed E-state index contributed by atoms with van der Waals surface area (Å²) in [6, 6.07) is 0.0975. The first-order chi connectivity index (χ1) is 9.14. The van der Waals surface area contributed by atoms with E-state index < -0.39 is 48.1 Å². The summed E-state index contributed by atoms with van der Waals surface area (Å²) in [5, 5.41) is 0. The molecule has 0 unspecified atom stereocenters. The Morgan fingerprint density at radius 3 is 2.45 bits per heavy atom. The Morgan fingerprint density at radius 2 is 2.00 bits per heavy atom. The molecule has 1 aromatic rings. The molecule has 0 amide bonds. The molecule has 4 nitrogen and oxygen atoms in total. The standard InChI is InChI=1S/C10H7F6NO3/c1-19-7(18)3-5-4(11)2-6(20-10(14,15)16)8(17-5)9(12)13/h2,9H,3H2,1H3. The fraction of sp³-hybridized carbons (Fsp3) is 0.400. The summed E-state index contributed by atoms with van der Waals surface area (Å²) in [7, 11) is 0.968. The minimum absolute atomic E-state index is 0.0975. The van der Waals surface area contributed by atoms with Crippen molar-refractivity contribution in [2.45, 2.75) is 19.2 Å². The third-order valence-corrected chi connectivity index (χ3v) is 2.01. The maximum atomic E-state index is 13.4. The number of pyridine rings is 1. The molecule has 1 aromatic heterocycles. The van der Waals surface area contributed by atoms with E-state index in [0.717, 1.165) is 7.11 Å². The van der Waals surface area contributed by atoms with Crippen molar-refractivity contribution >= 4 is 5.97 Å². The molecular weight excluding hydrogens is 296 g/mol. The van der Waals surface area contributed by atoms with Crippen molar-refractivity contribution in [2.75, 3.05) is 7.11 Å². The predicted molar refractivity (Wildman–Crippen MR) is 51.6 cm³/mol. The lowest BCUT2D eigenvalue weighted by Crippen LogP contribution is -2.20. The molecule has 0 radical (unpaired) electrons. The van der Waals surface area contributed by atoms with Gasteiger partial charge in [-0.2, -0.15) is 0 Å². The number of hydrogen-bond acceptors (Lipinski definition) is 4. The molecule has 112 valence electrons. The smallest absolute Gasteiger partial charge is 0.469 e. The van der Waals surface area contributed by atoms with Gasteiger partial charge in [-0.15, -0.1) is 13.2 Å². The zero-order valence-corrected chi connectivity index (χ0v) is 9.80. The minimum atomic E-state index is -5.28. The molecule has 1 rings (SSSR count). The summed E-state index contributed by atoms with van der Waals surface area (Å²) in [4.78, 5) is 13.9. The third-order valence-electron chi connectivity index (χ3n) is 2.01. The van der Waals surface area contributed by atoms with Crippen molar-refractivity contribution in [3.8, 4) is 5.75 Å². The number of nitrogens with zero attached hydrogens (tertiary/aromatic N) is 1. The second-order valence-electron chi connectivity index (χ2n) is 3.40. The van der Waals surface area contributed by atoms with Crippen LogP contribution in [0.2, 0.25) is 0 Å². The highest BCUT2D eigenvalue weighted by Gasteiger charge is 2.34. The van der Waals surface area contributed by atoms with Gasteiger partial charge in [0.15, 0.2) is 5.75 Å². The van der Waals surface area contributed by atoms with Crippen molar-refractivity contribution in [1.29, 1.82) is 0 Å². The van der Waals surface area contributed by atoms with E-state index in [1.165, 1.54) is 0 Å². The van der Waals surface area contributed by atoms with Crippen LogP contribution in [0.3, 0.4) is 0 Å². The summed E-state index contributed by atoms with van der Waals surface area (Å²) in [6.45, 7) is 0. The van der Waals surface area contributed by atoms with E-state index in [-0.39, 0.29) is 6.07 Å². The first kappa shape index (κ1) is 16.1. The minimum Gasteiger partial charge on any atom is -0.469 e. The molecule has 0 aliphatic rings. The molecule has 10 heteroatoms. The molecule has 0 aromatic carbocycles. The lowest BCUT2D eigenvalue weighted by Gasteiger charge is -2.13. The summed E-state index contributed by atoms with van der Waals surface area (Å²) >= 11 is 0. The number of ether oxygens (including phenoxy) is 2. The van der Waals surface area contributed by atoms with E-state index in [0.29, 0.717) is 0 Å². The maximum absolute atomic E-state index is 13.4. The number of esters is 1. The van der Waals surface area contributed by atoms with Crippen LogP contribution >= 0.6 is 0 Å². The Kier molecular flexibility index (Phi) is 4.79. The maximum Gasteiger partial charge on any atom is 0.573 e. The van der Waals surface area contributed by atoms with Crippen molar-refractivity contribution in [1.82, 2.24) is 4.98 Å². The van der Waals surface area contributed by atoms with Crippen LogP contribution in [0.5, 0.6) is 5.75 Å². The second kappa shape index (κ2) is 5.97. The highest BCUT2D eigenvalue weighted by molar-refractivity contribution is 5.71. The van der Waals surface area contributed by atoms with Crippen LogP contribution < -0.4 is 4.74 Å². The number of carbonyl (C=O) groups excluding carboxylic acids is 1. The van der Waals surface area contributed by atoms with Crippen molar-refractivity contribution < 1.29 is 40.6 Å². The Labute approximate surface area is 108 Å². The second-order valence-corrected chi connectivity index (χ2v) is 3.40. The van der Waals surface area contributed by atoms with E-state index >= 15 is 0 Å². The van der Waals surface area contributed by atoms with Crippen molar-refractivity contribution in [3.63, 3.8) is 0 Å². The molecule has 0 N–H and O–H groups in total. The normalized spacial score (nSPS) is 11.6. The summed E-state index contributed by atoms with van der Waals surface area (Å²) in [6.07, 6.45) is -9.51. The molecule has 0 saturated carbocycles. The number of alkyl halides is 5. The fourth-order valence-electron chi connectivity index (χ4n) is 1.22. The Hall–Kier alpha value is -2.00. The van der Waals surface area contributed by atoms with Crippen molar-refractivity contribution in [3.05, 3.63) is 23.3 Å². The average Bonchev–Trinajstić information content (AvgIpc) is 2.29. The van der Waals surface area contributed by atoms with Crippen LogP contribution in [0.4, 0.5) is 26.3 Å². The van der Waals surface area contributed by atoms with Crippen LogP contribution in [0.1, 0.15) is 17.8 Å². The molecular formula is C10H7F6NO3. The average molecular weight is 303 g/mol. The number of rotatable bonds is 4. The molecule has 20 heavy (non-hydrogen) atoms. The van der Waals surface area contributed by atoms with Gasteiger partial charge in [-0.1, -0.05) is 0 Å². The number of halogens is 6. The molecule has 0 aliphatic carbocycles. The van der Waals surface area contributed by atoms with Gasteiger partial charge in [-0.3, -0.25) is 4.79 Å². The number of carbonyl (C=O) groups is 1. The Balaban J connectivity index is 3.21. The van der Waals surface area contributed by atoms with Gasteiger partial charge in [0, 0.05) is 6.07 Å². The molecule has 0 aliphatic heterocycles. The zero-order valence-electron chi connectivity index (χ0n) is 9.80. The summed E-state index contributed by atoms with van der Waals surface area (Å²) in [5.41, 5.74) is -2.18. The van der Waals surface area contributed by atoms with Gasteiger partial charge in [0.1, 0.15) is 11.5 Å². The van der Waals surface area contributed by atoms with Gasteiger partial charge in [0.25, 0.3) is 6.43 Å². The van der Waals surface area contributed by atoms with Crippen LogP contribution in [0.15, 0.2) is 6.07 Å². The highest BCUT2D eigenvalue weighted by Crippen LogP contribution is 2.32.